The van der Waals surface area contributed by atoms with Gasteiger partial charge in [-0.3, -0.25) is 9.51 Å². The van der Waals surface area contributed by atoms with E-state index in [1.807, 2.05) is 55.4 Å². The summed E-state index contributed by atoms with van der Waals surface area (Å²) in [4.78, 5) is 16.1. The van der Waals surface area contributed by atoms with Crippen LogP contribution in [-0.4, -0.2) is 40.9 Å². The first-order chi connectivity index (χ1) is 14.9. The molecule has 0 fully saturated rings. The number of rotatable bonds is 0. The van der Waals surface area contributed by atoms with Crippen molar-refractivity contribution in [2.75, 3.05) is 0 Å². The van der Waals surface area contributed by atoms with Gasteiger partial charge in [-0.1, -0.05) is 78.3 Å². The van der Waals surface area contributed by atoms with E-state index in [0.29, 0.717) is 23.4 Å². The van der Waals surface area contributed by atoms with Gasteiger partial charge >= 0.3 is 5.76 Å². The molecule has 0 aromatic carbocycles. The first kappa shape index (κ1) is 42.7. The highest BCUT2D eigenvalue weighted by Gasteiger charge is 1.90. The second-order valence-corrected chi connectivity index (χ2v) is 3.72. The van der Waals surface area contributed by atoms with Crippen LogP contribution in [0.1, 0.15) is 93.1 Å². The number of tetrazole rings is 1. The van der Waals surface area contributed by atoms with Crippen molar-refractivity contribution in [1.29, 1.82) is 5.26 Å². The van der Waals surface area contributed by atoms with Crippen LogP contribution in [0.25, 0.3) is 0 Å². The number of aryl methyl sites for hydroxylation is 4. The number of nitrogens with zero attached hydrogens (tertiary/aromatic N) is 7. The van der Waals surface area contributed by atoms with Crippen molar-refractivity contribution < 1.29 is 9.05 Å². The fourth-order valence-electron chi connectivity index (χ4n) is 0.916. The van der Waals surface area contributed by atoms with Crippen LogP contribution in [0.3, 0.4) is 0 Å². The predicted octanol–water partition coefficient (Wildman–Crippen LogP) is 5.14. The van der Waals surface area contributed by atoms with Crippen LogP contribution in [-0.2, 0) is 0 Å². The van der Waals surface area contributed by atoms with Gasteiger partial charge in [-0.05, 0) is 20.8 Å². The van der Waals surface area contributed by atoms with Crippen LogP contribution >= 0.6 is 0 Å². The third kappa shape index (κ3) is 37.4. The Hall–Kier alpha value is -3.36. The monoisotopic (exact) mass is 459 g/mol. The molecule has 188 valence electrons. The van der Waals surface area contributed by atoms with E-state index in [4.69, 9.17) is 5.26 Å². The third-order valence-corrected chi connectivity index (χ3v) is 1.63. The molecule has 0 amide bonds. The number of H-pyrrole nitrogens is 2. The van der Waals surface area contributed by atoms with Crippen LogP contribution in [0.15, 0.2) is 13.8 Å². The van der Waals surface area contributed by atoms with Gasteiger partial charge in [-0.15, -0.1) is 10.2 Å². The lowest BCUT2D eigenvalue weighted by atomic mass is 10.7. The molecule has 3 aromatic heterocycles. The van der Waals surface area contributed by atoms with Crippen LogP contribution in [0.5, 0.6) is 0 Å². The van der Waals surface area contributed by atoms with Crippen LogP contribution < -0.4 is 5.76 Å². The molecule has 12 nitrogen and oxygen atoms in total. The molecule has 0 aliphatic heterocycles. The minimum absolute atomic E-state index is 0. The summed E-state index contributed by atoms with van der Waals surface area (Å²) in [7, 11) is 0. The van der Waals surface area contributed by atoms with Gasteiger partial charge in [0.1, 0.15) is 5.82 Å². The Morgan fingerprint density at radius 2 is 1.31 bits per heavy atom. The molecule has 0 saturated carbocycles. The van der Waals surface area contributed by atoms with Crippen molar-refractivity contribution in [2.45, 2.75) is 97.4 Å². The Kier molecular flexibility index (Phi) is 51.1. The maximum atomic E-state index is 10.0. The minimum atomic E-state index is -0.502. The molecule has 12 heteroatoms. The van der Waals surface area contributed by atoms with Gasteiger partial charge < -0.3 is 4.52 Å². The molecule has 0 spiro atoms. The van der Waals surface area contributed by atoms with Gasteiger partial charge in [0.05, 0.1) is 6.07 Å². The van der Waals surface area contributed by atoms with Crippen LogP contribution in [0.4, 0.5) is 0 Å². The van der Waals surface area contributed by atoms with E-state index in [-0.39, 0.29) is 7.43 Å². The van der Waals surface area contributed by atoms with E-state index >= 15 is 0 Å². The lowest BCUT2D eigenvalue weighted by Gasteiger charge is -1.64. The molecule has 0 aliphatic carbocycles. The highest BCUT2D eigenvalue weighted by Crippen LogP contribution is 1.89. The Balaban J connectivity index is -0.0000000645. The number of hydrogen-bond acceptors (Lipinski definition) is 10. The van der Waals surface area contributed by atoms with Crippen molar-refractivity contribution in [3.63, 3.8) is 0 Å². The lowest BCUT2D eigenvalue weighted by molar-refractivity contribution is 0.383. The molecule has 32 heavy (non-hydrogen) atoms. The summed E-state index contributed by atoms with van der Waals surface area (Å²) in [6.45, 7) is 24.4. The van der Waals surface area contributed by atoms with Crippen molar-refractivity contribution in [1.82, 2.24) is 40.9 Å². The number of nitrogens with one attached hydrogen (secondary N) is 2. The zero-order valence-electron chi connectivity index (χ0n) is 21.4. The zero-order chi connectivity index (χ0) is 25.7. The molecule has 0 radical (unpaired) electrons. The molecule has 3 heterocycles. The van der Waals surface area contributed by atoms with E-state index in [1.54, 1.807) is 33.8 Å². The van der Waals surface area contributed by atoms with E-state index in [2.05, 4.69) is 50.0 Å². The Bertz CT molecular complexity index is 726. The molecular weight excluding hydrogens is 414 g/mol. The van der Waals surface area contributed by atoms with Gasteiger partial charge in [-0.2, -0.15) is 15.5 Å². The molecular formula is C20H45N9O3. The molecule has 2 N–H and O–H groups in total. The van der Waals surface area contributed by atoms with Gasteiger partial charge in [0.25, 0.3) is 0 Å². The Labute approximate surface area is 193 Å². The van der Waals surface area contributed by atoms with Crippen molar-refractivity contribution in [3.8, 4) is 6.07 Å². The minimum Gasteiger partial charge on any atom is -0.340 e. The van der Waals surface area contributed by atoms with Crippen LogP contribution in [0.2, 0.25) is 0 Å². The normalized spacial score (nSPS) is 6.75. The first-order valence-corrected chi connectivity index (χ1v) is 10.2. The second kappa shape index (κ2) is 38.3. The number of nitriles is 1. The average molecular weight is 460 g/mol. The summed E-state index contributed by atoms with van der Waals surface area (Å²) in [5.41, 5.74) is 0. The largest absolute Gasteiger partial charge is 0.438 e. The molecule has 0 saturated heterocycles. The van der Waals surface area contributed by atoms with Gasteiger partial charge in [0, 0.05) is 13.8 Å². The zero-order valence-corrected chi connectivity index (χ0v) is 21.4. The highest BCUT2D eigenvalue weighted by molar-refractivity contribution is 4.77. The molecule has 0 unspecified atom stereocenters. The fraction of sp³-hybridized carbons (Fsp3) is 0.700. The summed E-state index contributed by atoms with van der Waals surface area (Å²) >= 11 is 0. The number of aromatic amines is 2. The number of aromatic nitrogens is 8. The van der Waals surface area contributed by atoms with E-state index < -0.39 is 5.76 Å². The fourth-order valence-corrected chi connectivity index (χ4v) is 0.916. The SMILES string of the molecule is C.CC.CC.CC.CC.CC#N.Cc1nn[nH]n1.Cc1noc(=O)[nH]1.Cc1noc(C)n1. The van der Waals surface area contributed by atoms with E-state index in [1.165, 1.54) is 6.92 Å². The number of hydrogen-bond donors (Lipinski definition) is 2. The lowest BCUT2D eigenvalue weighted by Crippen LogP contribution is -1.93. The summed E-state index contributed by atoms with van der Waals surface area (Å²) in [6.07, 6.45) is 0. The van der Waals surface area contributed by atoms with E-state index in [9.17, 15) is 4.79 Å². The van der Waals surface area contributed by atoms with Gasteiger partial charge in [0.15, 0.2) is 11.6 Å². The quantitative estimate of drug-likeness (QED) is 0.457. The Morgan fingerprint density at radius 3 is 1.41 bits per heavy atom. The second-order valence-electron chi connectivity index (χ2n) is 3.72. The van der Waals surface area contributed by atoms with E-state index in [0.717, 1.165) is 0 Å². The molecule has 0 bridgehead atoms. The summed E-state index contributed by atoms with van der Waals surface area (Å²) in [5.74, 6) is 1.99. The van der Waals surface area contributed by atoms with Gasteiger partial charge in [0.2, 0.25) is 5.89 Å². The van der Waals surface area contributed by atoms with Gasteiger partial charge in [-0.25, -0.2) is 4.79 Å². The summed E-state index contributed by atoms with van der Waals surface area (Å²) < 4.78 is 8.71. The maximum absolute atomic E-state index is 10.0. The predicted molar refractivity (Wildman–Crippen MR) is 128 cm³/mol. The van der Waals surface area contributed by atoms with Crippen molar-refractivity contribution in [3.05, 3.63) is 33.9 Å². The van der Waals surface area contributed by atoms with Crippen molar-refractivity contribution in [2.24, 2.45) is 0 Å². The Morgan fingerprint density at radius 1 is 0.844 bits per heavy atom. The van der Waals surface area contributed by atoms with Crippen molar-refractivity contribution >= 4 is 0 Å². The van der Waals surface area contributed by atoms with Crippen LogP contribution in [0, 0.1) is 39.0 Å². The molecule has 0 atom stereocenters. The molecule has 3 rings (SSSR count). The standard InChI is InChI=1S/C4H6N2O.C3H4N2O2.C2H4N4.C2H3N.4C2H6.CH4/c1-3-5-4(2)7-6-3;1-2-4-3(6)7-5-2;1-2-3-5-6-4-2;1-2-3;4*1-2;/h1-2H3;1H3,(H,4,5,6);1H3,(H,3,4,5,6);1H3;4*1-2H3;1H4. The molecule has 3 aromatic rings. The molecule has 0 aliphatic rings. The summed E-state index contributed by atoms with van der Waals surface area (Å²) in [5, 5.41) is 26.8. The highest BCUT2D eigenvalue weighted by atomic mass is 16.5. The smallest absolute Gasteiger partial charge is 0.340 e. The maximum Gasteiger partial charge on any atom is 0.438 e. The first-order valence-electron chi connectivity index (χ1n) is 10.2. The third-order valence-electron chi connectivity index (χ3n) is 1.63. The average Bonchev–Trinajstić information content (AvgIpc) is 3.53. The summed E-state index contributed by atoms with van der Waals surface area (Å²) in [6, 6.07) is 1.75. The topological polar surface area (TPSA) is 176 Å².